The van der Waals surface area contributed by atoms with Crippen LogP contribution in [0.2, 0.25) is 0 Å². The van der Waals surface area contributed by atoms with E-state index >= 15 is 0 Å². The van der Waals surface area contributed by atoms with Gasteiger partial charge in [0.25, 0.3) is 0 Å². The predicted molar refractivity (Wildman–Crippen MR) is 78.1 cm³/mol. The molecule has 2 heterocycles. The molecule has 1 atom stereocenters. The van der Waals surface area contributed by atoms with Crippen molar-refractivity contribution in [3.05, 3.63) is 6.20 Å². The molecule has 20 heavy (non-hydrogen) atoms. The Morgan fingerprint density at radius 3 is 2.70 bits per heavy atom. The van der Waals surface area contributed by atoms with Crippen LogP contribution < -0.4 is 10.0 Å². The molecule has 1 aromatic heterocycles. The van der Waals surface area contributed by atoms with E-state index in [0.717, 1.165) is 6.42 Å². The van der Waals surface area contributed by atoms with Crippen molar-refractivity contribution in [2.75, 3.05) is 11.4 Å². The van der Waals surface area contributed by atoms with Crippen LogP contribution >= 0.6 is 0 Å². The molecule has 1 aliphatic heterocycles. The maximum absolute atomic E-state index is 12.3. The number of nitrogens with two attached hydrogens (primary N) is 1. The third-order valence-electron chi connectivity index (χ3n) is 2.77. The van der Waals surface area contributed by atoms with E-state index in [1.165, 1.54) is 11.1 Å². The van der Waals surface area contributed by atoms with Gasteiger partial charge in [-0.3, -0.25) is 10.0 Å². The molecule has 7 nitrogen and oxygen atoms in total. The number of carbonyl (C=O) groups is 1. The fourth-order valence-electron chi connectivity index (χ4n) is 2.02. The number of nitrogens with zero attached hydrogens (tertiary/aromatic N) is 3. The average molecular weight is 300 g/mol. The second-order valence-corrected chi connectivity index (χ2v) is 7.66. The smallest absolute Gasteiger partial charge is 0.416 e. The zero-order chi connectivity index (χ0) is 15.1. The topological polar surface area (TPSA) is 90.5 Å². The Morgan fingerprint density at radius 2 is 2.15 bits per heavy atom. The van der Waals surface area contributed by atoms with E-state index in [2.05, 4.69) is 11.0 Å². The zero-order valence-corrected chi connectivity index (χ0v) is 12.8. The number of carbonyl (C=O) groups excluding carboxylic acids is 1. The summed E-state index contributed by atoms with van der Waals surface area (Å²) >= 11 is 0. The van der Waals surface area contributed by atoms with Crippen molar-refractivity contribution in [3.8, 4) is 0 Å². The van der Waals surface area contributed by atoms with Crippen LogP contribution in [0, 0.1) is 0 Å². The van der Waals surface area contributed by atoms with Gasteiger partial charge in [-0.1, -0.05) is 0 Å². The third kappa shape index (κ3) is 2.96. The van der Waals surface area contributed by atoms with E-state index in [9.17, 15) is 9.00 Å². The first-order chi connectivity index (χ1) is 9.09. The van der Waals surface area contributed by atoms with Gasteiger partial charge in [-0.25, -0.2) is 13.7 Å². The largest absolute Gasteiger partial charge is 0.443 e. The van der Waals surface area contributed by atoms with E-state index < -0.39 is 21.4 Å². The molecular weight excluding hydrogens is 280 g/mol. The van der Waals surface area contributed by atoms with Gasteiger partial charge in [-0.2, -0.15) is 5.10 Å². The van der Waals surface area contributed by atoms with Gasteiger partial charge in [0.1, 0.15) is 10.5 Å². The van der Waals surface area contributed by atoms with Gasteiger partial charge in [0, 0.05) is 13.1 Å². The minimum Gasteiger partial charge on any atom is -0.443 e. The number of rotatable bonds is 1. The molecule has 0 aromatic carbocycles. The molecule has 0 aliphatic carbocycles. The molecule has 0 fully saturated rings. The number of hydrogen-bond donors (Lipinski definition) is 1. The molecular formula is C12H20N4O3S. The molecule has 2 N–H and O–H groups in total. The maximum atomic E-state index is 12.3. The molecule has 2 rings (SSSR count). The minimum atomic E-state index is -2.94. The lowest BCUT2D eigenvalue weighted by Gasteiger charge is -2.31. The first-order valence-electron chi connectivity index (χ1n) is 6.31. The SMILES string of the molecule is C=S(N)(=O)c1cnn2c1N(C(=O)OC(C)(C)C)CCC2. The molecule has 112 valence electrons. The van der Waals surface area contributed by atoms with Gasteiger partial charge in [-0.15, -0.1) is 0 Å². The van der Waals surface area contributed by atoms with E-state index in [1.807, 2.05) is 0 Å². The van der Waals surface area contributed by atoms with Gasteiger partial charge in [-0.05, 0) is 33.1 Å². The van der Waals surface area contributed by atoms with Crippen molar-refractivity contribution < 1.29 is 13.7 Å². The number of fused-ring (bicyclic) bond motifs is 1. The Bertz CT molecular complexity index is 628. The van der Waals surface area contributed by atoms with Crippen molar-refractivity contribution in [1.82, 2.24) is 9.78 Å². The number of amides is 1. The van der Waals surface area contributed by atoms with Crippen molar-refractivity contribution in [2.45, 2.75) is 44.2 Å². The summed E-state index contributed by atoms with van der Waals surface area (Å²) in [6.07, 6.45) is 1.66. The van der Waals surface area contributed by atoms with Gasteiger partial charge < -0.3 is 4.74 Å². The van der Waals surface area contributed by atoms with Crippen LogP contribution in [0.1, 0.15) is 27.2 Å². The normalized spacial score (nSPS) is 18.3. The lowest BCUT2D eigenvalue weighted by molar-refractivity contribution is 0.0572. The molecule has 8 heteroatoms. The Kier molecular flexibility index (Phi) is 3.55. The van der Waals surface area contributed by atoms with Gasteiger partial charge in [0.2, 0.25) is 0 Å². The first kappa shape index (κ1) is 14.9. The molecule has 1 unspecified atom stereocenters. The molecule has 0 radical (unpaired) electrons. The quantitative estimate of drug-likeness (QED) is 0.783. The number of ether oxygens (including phenoxy) is 1. The highest BCUT2D eigenvalue weighted by molar-refractivity contribution is 7.98. The highest BCUT2D eigenvalue weighted by Crippen LogP contribution is 2.29. The highest BCUT2D eigenvalue weighted by Gasteiger charge is 2.32. The Hall–Kier alpha value is -1.54. The Morgan fingerprint density at radius 1 is 1.50 bits per heavy atom. The summed E-state index contributed by atoms with van der Waals surface area (Å²) in [4.78, 5) is 14.0. The van der Waals surface area contributed by atoms with Crippen molar-refractivity contribution in [1.29, 1.82) is 0 Å². The van der Waals surface area contributed by atoms with E-state index in [4.69, 9.17) is 9.88 Å². The number of anilines is 1. The lowest BCUT2D eigenvalue weighted by atomic mass is 10.2. The highest BCUT2D eigenvalue weighted by atomic mass is 32.2. The molecule has 0 saturated heterocycles. The lowest BCUT2D eigenvalue weighted by Crippen LogP contribution is -2.42. The minimum absolute atomic E-state index is 0.281. The van der Waals surface area contributed by atoms with Crippen LogP contribution in [0.5, 0.6) is 0 Å². The van der Waals surface area contributed by atoms with Crippen molar-refractivity contribution in [3.63, 3.8) is 0 Å². The first-order valence-corrected chi connectivity index (χ1v) is 8.10. The molecule has 0 bridgehead atoms. The second kappa shape index (κ2) is 4.78. The standard InChI is InChI=1S/C12H20N4O3S/c1-12(2,3)19-11(17)15-6-5-7-16-10(15)9(8-14-16)20(4,13)18/h8H,4-7H2,1-3H3,(H2,13,18). The summed E-state index contributed by atoms with van der Waals surface area (Å²) in [5, 5.41) is 9.72. The van der Waals surface area contributed by atoms with E-state index in [0.29, 0.717) is 18.9 Å². The average Bonchev–Trinajstić information content (AvgIpc) is 2.69. The molecule has 1 aliphatic rings. The number of aryl methyl sites for hydroxylation is 1. The number of aromatic nitrogens is 2. The molecule has 0 spiro atoms. The fraction of sp³-hybridized carbons (Fsp3) is 0.583. The second-order valence-electron chi connectivity index (χ2n) is 5.77. The van der Waals surface area contributed by atoms with E-state index in [1.54, 1.807) is 25.5 Å². The fourth-order valence-corrected chi connectivity index (χ4v) is 2.77. The summed E-state index contributed by atoms with van der Waals surface area (Å²) in [6.45, 7) is 6.49. The van der Waals surface area contributed by atoms with Crippen LogP contribution in [0.15, 0.2) is 11.1 Å². The van der Waals surface area contributed by atoms with Crippen molar-refractivity contribution >= 4 is 27.5 Å². The van der Waals surface area contributed by atoms with Crippen molar-refractivity contribution in [2.24, 2.45) is 5.14 Å². The summed E-state index contributed by atoms with van der Waals surface area (Å²) < 4.78 is 19.0. The van der Waals surface area contributed by atoms with E-state index in [-0.39, 0.29) is 4.90 Å². The van der Waals surface area contributed by atoms with Crippen LogP contribution in [-0.4, -0.2) is 38.1 Å². The monoisotopic (exact) mass is 300 g/mol. The summed E-state index contributed by atoms with van der Waals surface area (Å²) in [5.41, 5.74) is -0.603. The van der Waals surface area contributed by atoms with Gasteiger partial charge in [0.15, 0.2) is 5.82 Å². The maximum Gasteiger partial charge on any atom is 0.416 e. The van der Waals surface area contributed by atoms with Crippen LogP contribution in [0.25, 0.3) is 0 Å². The summed E-state index contributed by atoms with van der Waals surface area (Å²) in [7, 11) is -2.94. The van der Waals surface area contributed by atoms with Gasteiger partial charge >= 0.3 is 6.09 Å². The van der Waals surface area contributed by atoms with Gasteiger partial charge in [0.05, 0.1) is 15.9 Å². The van der Waals surface area contributed by atoms with Crippen LogP contribution in [0.4, 0.5) is 10.6 Å². The molecule has 1 amide bonds. The Labute approximate surface area is 118 Å². The predicted octanol–water partition coefficient (Wildman–Crippen LogP) is 0.977. The Balaban J connectivity index is 2.42. The summed E-state index contributed by atoms with van der Waals surface area (Å²) in [5.74, 6) is 3.89. The zero-order valence-electron chi connectivity index (χ0n) is 12.0. The summed E-state index contributed by atoms with van der Waals surface area (Å²) in [6, 6.07) is 0. The molecule has 1 aromatic rings. The number of hydrogen-bond acceptors (Lipinski definition) is 4. The third-order valence-corrected chi connectivity index (χ3v) is 3.81. The molecule has 0 saturated carbocycles. The van der Waals surface area contributed by atoms with Crippen LogP contribution in [0.3, 0.4) is 0 Å². The van der Waals surface area contributed by atoms with Crippen LogP contribution in [-0.2, 0) is 21.0 Å².